The lowest BCUT2D eigenvalue weighted by molar-refractivity contribution is -0.126. The average Bonchev–Trinajstić information content (AvgIpc) is 2.58. The summed E-state index contributed by atoms with van der Waals surface area (Å²) in [7, 11) is 0. The summed E-state index contributed by atoms with van der Waals surface area (Å²) in [5.74, 6) is 1.34. The van der Waals surface area contributed by atoms with Crippen molar-refractivity contribution in [3.63, 3.8) is 0 Å². The largest absolute Gasteiger partial charge is 0.307 e. The van der Waals surface area contributed by atoms with Crippen molar-refractivity contribution in [2.75, 3.05) is 0 Å². The fourth-order valence-corrected chi connectivity index (χ4v) is 6.81. The summed E-state index contributed by atoms with van der Waals surface area (Å²) in [5, 5.41) is 7.34. The van der Waals surface area contributed by atoms with E-state index in [4.69, 9.17) is 0 Å². The van der Waals surface area contributed by atoms with Crippen LogP contribution >= 0.6 is 0 Å². The van der Waals surface area contributed by atoms with Crippen molar-refractivity contribution < 1.29 is 9.59 Å². The molecular weight excluding hydrogens is 396 g/mol. The molecule has 0 amide bonds. The molecule has 2 N–H and O–H groups in total. The van der Waals surface area contributed by atoms with Crippen LogP contribution in [-0.4, -0.2) is 33.7 Å². The van der Waals surface area contributed by atoms with E-state index in [0.717, 1.165) is 64.2 Å². The van der Waals surface area contributed by atoms with E-state index in [2.05, 4.69) is 66.0 Å². The number of ketones is 2. The number of carbonyl (C=O) groups is 2. The number of rotatable bonds is 11. The molecule has 0 saturated carbocycles. The Morgan fingerprint density at radius 1 is 0.531 bits per heavy atom. The first-order valence-electron chi connectivity index (χ1n) is 13.2. The number of piperidine rings is 2. The third-order valence-electron chi connectivity index (χ3n) is 7.39. The van der Waals surface area contributed by atoms with Crippen molar-refractivity contribution in [3.05, 3.63) is 0 Å². The molecule has 0 unspecified atom stereocenters. The number of nitrogens with one attached hydrogen (secondary N) is 2. The second-order valence-corrected chi connectivity index (χ2v) is 13.5. The first-order chi connectivity index (χ1) is 14.6. The van der Waals surface area contributed by atoms with Crippen molar-refractivity contribution in [1.29, 1.82) is 0 Å². The molecule has 0 bridgehead atoms. The van der Waals surface area contributed by atoms with Crippen molar-refractivity contribution in [3.8, 4) is 0 Å². The van der Waals surface area contributed by atoms with Crippen molar-refractivity contribution in [2.45, 2.75) is 155 Å². The Kier molecular flexibility index (Phi) is 9.18. The lowest BCUT2D eigenvalue weighted by Crippen LogP contribution is -2.58. The fraction of sp³-hybridized carbons (Fsp3) is 0.929. The molecule has 0 atom stereocenters. The van der Waals surface area contributed by atoms with E-state index in [-0.39, 0.29) is 34.0 Å². The normalized spacial score (nSPS) is 24.9. The number of carbonyl (C=O) groups excluding carboxylic acids is 2. The van der Waals surface area contributed by atoms with Crippen LogP contribution in [0.1, 0.15) is 132 Å². The van der Waals surface area contributed by atoms with Gasteiger partial charge in [-0.25, -0.2) is 0 Å². The first-order valence-corrected chi connectivity index (χ1v) is 13.2. The fourth-order valence-electron chi connectivity index (χ4n) is 6.81. The van der Waals surface area contributed by atoms with E-state index >= 15 is 0 Å². The van der Waals surface area contributed by atoms with Gasteiger partial charge in [-0.05, 0) is 93.9 Å². The molecular formula is C28H52N2O2. The van der Waals surface area contributed by atoms with Crippen LogP contribution in [-0.2, 0) is 9.59 Å². The lowest BCUT2D eigenvalue weighted by Gasteiger charge is -2.46. The molecule has 0 spiro atoms. The van der Waals surface area contributed by atoms with Gasteiger partial charge < -0.3 is 10.6 Å². The van der Waals surface area contributed by atoms with Gasteiger partial charge in [0.1, 0.15) is 11.6 Å². The number of Topliss-reactive ketones (excluding diaryl/α,β-unsaturated/α-hetero) is 2. The highest BCUT2D eigenvalue weighted by Crippen LogP contribution is 2.35. The molecule has 2 heterocycles. The molecule has 2 fully saturated rings. The van der Waals surface area contributed by atoms with Crippen molar-refractivity contribution in [2.24, 2.45) is 11.8 Å². The number of hydrogen-bond donors (Lipinski definition) is 2. The van der Waals surface area contributed by atoms with E-state index in [0.29, 0.717) is 11.6 Å². The van der Waals surface area contributed by atoms with Gasteiger partial charge in [0.2, 0.25) is 0 Å². The molecule has 4 nitrogen and oxygen atoms in total. The number of hydrogen-bond acceptors (Lipinski definition) is 4. The van der Waals surface area contributed by atoms with Crippen LogP contribution in [0, 0.1) is 11.8 Å². The second kappa shape index (κ2) is 10.7. The summed E-state index contributed by atoms with van der Waals surface area (Å²) < 4.78 is 0. The molecule has 0 aromatic heterocycles. The molecule has 2 saturated heterocycles. The van der Waals surface area contributed by atoms with Gasteiger partial charge >= 0.3 is 0 Å². The number of unbranched alkanes of at least 4 members (excludes halogenated alkanes) is 5. The van der Waals surface area contributed by atoms with Gasteiger partial charge in [0.05, 0.1) is 0 Å². The van der Waals surface area contributed by atoms with Gasteiger partial charge in [0.15, 0.2) is 0 Å². The molecule has 186 valence electrons. The highest BCUT2D eigenvalue weighted by molar-refractivity contribution is 5.81. The zero-order valence-electron chi connectivity index (χ0n) is 22.5. The summed E-state index contributed by atoms with van der Waals surface area (Å²) in [6, 6.07) is 0. The standard InChI is InChI=1S/C28H52N2O2/c1-25(2)17-21(18-26(3,4)29-25)23(31)15-13-11-9-10-12-14-16-24(32)22-19-27(5,6)30-28(7,8)20-22/h21-22,29-30H,9-20H2,1-8H3. The van der Waals surface area contributed by atoms with E-state index in [1.165, 1.54) is 12.8 Å². The summed E-state index contributed by atoms with van der Waals surface area (Å²) in [6.07, 6.45) is 11.9. The van der Waals surface area contributed by atoms with Crippen LogP contribution in [0.5, 0.6) is 0 Å². The topological polar surface area (TPSA) is 58.2 Å². The minimum absolute atomic E-state index is 0.0408. The van der Waals surface area contributed by atoms with E-state index in [9.17, 15) is 9.59 Å². The van der Waals surface area contributed by atoms with Crippen LogP contribution in [0.15, 0.2) is 0 Å². The minimum atomic E-state index is 0.0408. The summed E-state index contributed by atoms with van der Waals surface area (Å²) in [5.41, 5.74) is 0.163. The highest BCUT2D eigenvalue weighted by atomic mass is 16.1. The maximum atomic E-state index is 12.8. The molecule has 4 heteroatoms. The maximum absolute atomic E-state index is 12.8. The van der Waals surface area contributed by atoms with E-state index in [1.807, 2.05) is 0 Å². The molecule has 2 rings (SSSR count). The zero-order valence-corrected chi connectivity index (χ0v) is 22.5. The predicted octanol–water partition coefficient (Wildman–Crippen LogP) is 6.36. The quantitative estimate of drug-likeness (QED) is 0.361. The van der Waals surface area contributed by atoms with Crippen LogP contribution in [0.4, 0.5) is 0 Å². The monoisotopic (exact) mass is 448 g/mol. The van der Waals surface area contributed by atoms with Crippen LogP contribution in [0.3, 0.4) is 0 Å². The summed E-state index contributed by atoms with van der Waals surface area (Å²) >= 11 is 0. The van der Waals surface area contributed by atoms with Gasteiger partial charge in [-0.3, -0.25) is 9.59 Å². The van der Waals surface area contributed by atoms with Gasteiger partial charge in [0, 0.05) is 46.8 Å². The molecule has 2 aliphatic rings. The van der Waals surface area contributed by atoms with Crippen molar-refractivity contribution >= 4 is 11.6 Å². The van der Waals surface area contributed by atoms with E-state index < -0.39 is 0 Å². The average molecular weight is 449 g/mol. The smallest absolute Gasteiger partial charge is 0.136 e. The Morgan fingerprint density at radius 3 is 1.06 bits per heavy atom. The second-order valence-electron chi connectivity index (χ2n) is 13.5. The Bertz CT molecular complexity index is 560. The van der Waals surface area contributed by atoms with Gasteiger partial charge in [-0.2, -0.15) is 0 Å². The first kappa shape index (κ1) is 27.5. The lowest BCUT2D eigenvalue weighted by atomic mass is 9.73. The van der Waals surface area contributed by atoms with Crippen LogP contribution in [0.25, 0.3) is 0 Å². The molecule has 0 aromatic carbocycles. The Labute approximate surface area is 198 Å². The Balaban J connectivity index is 1.57. The SMILES string of the molecule is CC1(C)CC(C(=O)CCCCCCCCC(=O)C2CC(C)(C)NC(C)(C)C2)CC(C)(C)N1. The Morgan fingerprint density at radius 2 is 0.781 bits per heavy atom. The Hall–Kier alpha value is -0.740. The summed E-state index contributed by atoms with van der Waals surface area (Å²) in [6.45, 7) is 17.7. The molecule has 0 aliphatic carbocycles. The molecule has 2 aliphatic heterocycles. The van der Waals surface area contributed by atoms with Gasteiger partial charge in [-0.15, -0.1) is 0 Å². The zero-order chi connectivity index (χ0) is 24.2. The predicted molar refractivity (Wildman–Crippen MR) is 135 cm³/mol. The third-order valence-corrected chi connectivity index (χ3v) is 7.39. The molecule has 0 aromatic rings. The third kappa shape index (κ3) is 9.25. The molecule has 0 radical (unpaired) electrons. The van der Waals surface area contributed by atoms with Crippen molar-refractivity contribution in [1.82, 2.24) is 10.6 Å². The van der Waals surface area contributed by atoms with Gasteiger partial charge in [0.25, 0.3) is 0 Å². The highest BCUT2D eigenvalue weighted by Gasteiger charge is 2.41. The molecule has 32 heavy (non-hydrogen) atoms. The van der Waals surface area contributed by atoms with Crippen LogP contribution in [0.2, 0.25) is 0 Å². The minimum Gasteiger partial charge on any atom is -0.307 e. The van der Waals surface area contributed by atoms with Crippen LogP contribution < -0.4 is 10.6 Å². The van der Waals surface area contributed by atoms with E-state index in [1.54, 1.807) is 0 Å². The van der Waals surface area contributed by atoms with Gasteiger partial charge in [-0.1, -0.05) is 25.7 Å². The maximum Gasteiger partial charge on any atom is 0.136 e. The summed E-state index contributed by atoms with van der Waals surface area (Å²) in [4.78, 5) is 25.5.